The summed E-state index contributed by atoms with van der Waals surface area (Å²) in [6.45, 7) is 0.876. The SMILES string of the molecule is O=C(Nc1nc(-c2ccccc2)cs1)c1cc(Cl)c2c(c1)OCCO2. The van der Waals surface area contributed by atoms with Gasteiger partial charge in [0.1, 0.15) is 13.2 Å². The number of carbonyl (C=O) groups is 1. The zero-order valence-corrected chi connectivity index (χ0v) is 14.6. The van der Waals surface area contributed by atoms with Gasteiger partial charge in [0, 0.05) is 16.5 Å². The first kappa shape index (κ1) is 15.9. The number of nitrogens with one attached hydrogen (secondary N) is 1. The number of halogens is 1. The molecule has 126 valence electrons. The fourth-order valence-corrected chi connectivity index (χ4v) is 3.46. The van der Waals surface area contributed by atoms with Crippen LogP contribution in [0.25, 0.3) is 11.3 Å². The normalized spacial score (nSPS) is 12.7. The van der Waals surface area contributed by atoms with E-state index in [1.54, 1.807) is 12.1 Å². The van der Waals surface area contributed by atoms with Crippen molar-refractivity contribution in [2.24, 2.45) is 0 Å². The summed E-state index contributed by atoms with van der Waals surface area (Å²) in [5.41, 5.74) is 2.22. The molecule has 0 atom stereocenters. The van der Waals surface area contributed by atoms with Crippen molar-refractivity contribution in [1.82, 2.24) is 4.98 Å². The van der Waals surface area contributed by atoms with Crippen LogP contribution in [-0.2, 0) is 0 Å². The zero-order chi connectivity index (χ0) is 17.2. The Morgan fingerprint density at radius 1 is 1.16 bits per heavy atom. The average Bonchev–Trinajstić information content (AvgIpc) is 3.11. The van der Waals surface area contributed by atoms with E-state index >= 15 is 0 Å². The molecular weight excluding hydrogens is 360 g/mol. The van der Waals surface area contributed by atoms with Crippen LogP contribution in [0.1, 0.15) is 10.4 Å². The summed E-state index contributed by atoms with van der Waals surface area (Å²) in [6.07, 6.45) is 0. The third kappa shape index (κ3) is 3.31. The van der Waals surface area contributed by atoms with Crippen LogP contribution in [0, 0.1) is 0 Å². The molecule has 1 aromatic heterocycles. The van der Waals surface area contributed by atoms with Crippen molar-refractivity contribution in [3.63, 3.8) is 0 Å². The summed E-state index contributed by atoms with van der Waals surface area (Å²) in [4.78, 5) is 17.0. The van der Waals surface area contributed by atoms with Gasteiger partial charge in [-0.25, -0.2) is 4.98 Å². The lowest BCUT2D eigenvalue weighted by molar-refractivity contribution is 0.102. The Kier molecular flexibility index (Phi) is 4.29. The first-order chi connectivity index (χ1) is 12.2. The lowest BCUT2D eigenvalue weighted by Gasteiger charge is -2.20. The van der Waals surface area contributed by atoms with Gasteiger partial charge in [0.05, 0.1) is 10.7 Å². The number of thiazole rings is 1. The largest absolute Gasteiger partial charge is 0.486 e. The van der Waals surface area contributed by atoms with Crippen LogP contribution in [0.15, 0.2) is 47.8 Å². The average molecular weight is 373 g/mol. The molecule has 2 heterocycles. The van der Waals surface area contributed by atoms with Crippen LogP contribution in [0.2, 0.25) is 5.02 Å². The predicted molar refractivity (Wildman–Crippen MR) is 97.9 cm³/mol. The van der Waals surface area contributed by atoms with Crippen molar-refractivity contribution < 1.29 is 14.3 Å². The quantitative estimate of drug-likeness (QED) is 0.736. The molecule has 0 radical (unpaired) electrons. The van der Waals surface area contributed by atoms with Gasteiger partial charge in [-0.05, 0) is 12.1 Å². The minimum absolute atomic E-state index is 0.298. The van der Waals surface area contributed by atoms with Gasteiger partial charge in [0.2, 0.25) is 0 Å². The van der Waals surface area contributed by atoms with Crippen LogP contribution in [0.4, 0.5) is 5.13 Å². The summed E-state index contributed by atoms with van der Waals surface area (Å²) in [5.74, 6) is 0.658. The number of nitrogens with zero attached hydrogens (tertiary/aromatic N) is 1. The van der Waals surface area contributed by atoms with E-state index in [-0.39, 0.29) is 5.91 Å². The number of carbonyl (C=O) groups excluding carboxylic acids is 1. The lowest BCUT2D eigenvalue weighted by Crippen LogP contribution is -2.17. The minimum atomic E-state index is -0.298. The van der Waals surface area contributed by atoms with Crippen LogP contribution in [0.5, 0.6) is 11.5 Å². The molecule has 1 aliphatic heterocycles. The third-order valence-electron chi connectivity index (χ3n) is 3.65. The number of aromatic nitrogens is 1. The van der Waals surface area contributed by atoms with E-state index in [0.29, 0.717) is 40.4 Å². The van der Waals surface area contributed by atoms with E-state index in [0.717, 1.165) is 11.3 Å². The van der Waals surface area contributed by atoms with Crippen molar-refractivity contribution in [3.8, 4) is 22.8 Å². The molecule has 0 saturated carbocycles. The number of amides is 1. The first-order valence-corrected chi connectivity index (χ1v) is 8.88. The highest BCUT2D eigenvalue weighted by Gasteiger charge is 2.20. The molecule has 0 bridgehead atoms. The molecule has 3 aromatic rings. The molecule has 25 heavy (non-hydrogen) atoms. The predicted octanol–water partition coefficient (Wildman–Crippen LogP) is 4.49. The molecule has 0 unspecified atom stereocenters. The number of hydrogen-bond acceptors (Lipinski definition) is 5. The van der Waals surface area contributed by atoms with Crippen LogP contribution >= 0.6 is 22.9 Å². The second-order valence-corrected chi connectivity index (χ2v) is 6.61. The molecule has 1 amide bonds. The number of ether oxygens (including phenoxy) is 2. The molecule has 0 saturated heterocycles. The molecule has 2 aromatic carbocycles. The fourth-order valence-electron chi connectivity index (χ4n) is 2.48. The highest BCUT2D eigenvalue weighted by molar-refractivity contribution is 7.14. The van der Waals surface area contributed by atoms with Crippen molar-refractivity contribution in [2.75, 3.05) is 18.5 Å². The molecule has 1 N–H and O–H groups in total. The number of hydrogen-bond donors (Lipinski definition) is 1. The van der Waals surface area contributed by atoms with E-state index in [1.807, 2.05) is 35.7 Å². The second kappa shape index (κ2) is 6.74. The third-order valence-corrected chi connectivity index (χ3v) is 4.69. The molecule has 1 aliphatic rings. The van der Waals surface area contributed by atoms with Gasteiger partial charge < -0.3 is 9.47 Å². The summed E-state index contributed by atoms with van der Waals surface area (Å²) >= 11 is 7.55. The van der Waals surface area contributed by atoms with Crippen LogP contribution in [-0.4, -0.2) is 24.1 Å². The Morgan fingerprint density at radius 2 is 1.96 bits per heavy atom. The van der Waals surface area contributed by atoms with Crippen molar-refractivity contribution in [3.05, 3.63) is 58.4 Å². The lowest BCUT2D eigenvalue weighted by atomic mass is 10.2. The smallest absolute Gasteiger partial charge is 0.257 e. The molecule has 0 spiro atoms. The number of anilines is 1. The maximum Gasteiger partial charge on any atom is 0.257 e. The van der Waals surface area contributed by atoms with Crippen molar-refractivity contribution >= 4 is 34.0 Å². The van der Waals surface area contributed by atoms with Crippen LogP contribution in [0.3, 0.4) is 0 Å². The Labute approximate surface area is 153 Å². The molecule has 7 heteroatoms. The number of rotatable bonds is 3. The maximum atomic E-state index is 12.5. The van der Waals surface area contributed by atoms with E-state index in [1.165, 1.54) is 11.3 Å². The Balaban J connectivity index is 1.55. The van der Waals surface area contributed by atoms with Gasteiger partial charge in [0.25, 0.3) is 5.91 Å². The van der Waals surface area contributed by atoms with Crippen LogP contribution < -0.4 is 14.8 Å². The summed E-state index contributed by atoms with van der Waals surface area (Å²) in [5, 5.41) is 5.58. The van der Waals surface area contributed by atoms with Crippen molar-refractivity contribution in [2.45, 2.75) is 0 Å². The second-order valence-electron chi connectivity index (χ2n) is 5.34. The van der Waals surface area contributed by atoms with Crippen molar-refractivity contribution in [1.29, 1.82) is 0 Å². The molecule has 5 nitrogen and oxygen atoms in total. The molecular formula is C18H13ClN2O3S. The number of benzene rings is 2. The monoisotopic (exact) mass is 372 g/mol. The highest BCUT2D eigenvalue weighted by atomic mass is 35.5. The summed E-state index contributed by atoms with van der Waals surface area (Å²) < 4.78 is 11.0. The fraction of sp³-hybridized carbons (Fsp3) is 0.111. The molecule has 4 rings (SSSR count). The van der Waals surface area contributed by atoms with Gasteiger partial charge >= 0.3 is 0 Å². The molecule has 0 fully saturated rings. The number of fused-ring (bicyclic) bond motifs is 1. The van der Waals surface area contributed by atoms with Gasteiger partial charge in [-0.2, -0.15) is 0 Å². The summed E-state index contributed by atoms with van der Waals surface area (Å²) in [7, 11) is 0. The zero-order valence-electron chi connectivity index (χ0n) is 13.0. The van der Waals surface area contributed by atoms with E-state index in [4.69, 9.17) is 21.1 Å². The van der Waals surface area contributed by atoms with E-state index in [9.17, 15) is 4.79 Å². The van der Waals surface area contributed by atoms with Gasteiger partial charge in [0.15, 0.2) is 16.6 Å². The minimum Gasteiger partial charge on any atom is -0.486 e. The Hall–Kier alpha value is -2.57. The maximum absolute atomic E-state index is 12.5. The van der Waals surface area contributed by atoms with Gasteiger partial charge in [-0.1, -0.05) is 41.9 Å². The van der Waals surface area contributed by atoms with E-state index in [2.05, 4.69) is 10.3 Å². The highest BCUT2D eigenvalue weighted by Crippen LogP contribution is 2.38. The Bertz CT molecular complexity index is 927. The van der Waals surface area contributed by atoms with Gasteiger partial charge in [-0.15, -0.1) is 11.3 Å². The Morgan fingerprint density at radius 3 is 2.80 bits per heavy atom. The molecule has 0 aliphatic carbocycles. The topological polar surface area (TPSA) is 60.5 Å². The van der Waals surface area contributed by atoms with Gasteiger partial charge in [-0.3, -0.25) is 10.1 Å². The summed E-state index contributed by atoms with van der Waals surface area (Å²) in [6, 6.07) is 13.0. The first-order valence-electron chi connectivity index (χ1n) is 7.62. The van der Waals surface area contributed by atoms with E-state index < -0.39 is 0 Å². The standard InChI is InChI=1S/C18H13ClN2O3S/c19-13-8-12(9-15-16(13)24-7-6-23-15)17(22)21-18-20-14(10-25-18)11-4-2-1-3-5-11/h1-5,8-10H,6-7H2,(H,20,21,22).